The zero-order chi connectivity index (χ0) is 16.6. The standard InChI is InChI=1S/C17H22FN3O2/c1-11(2)8-9-17(12-6-7-12)15(22)21(16(23)20-17)10-13-4-3-5-14(18)19-13/h3-5,11-12H,6-10H2,1-2H3,(H,20,23). The van der Waals surface area contributed by atoms with E-state index in [-0.39, 0.29) is 18.4 Å². The third-order valence-corrected chi connectivity index (χ3v) is 4.69. The third-order valence-electron chi connectivity index (χ3n) is 4.69. The van der Waals surface area contributed by atoms with Gasteiger partial charge in [-0.25, -0.2) is 9.78 Å². The molecule has 124 valence electrons. The second kappa shape index (κ2) is 5.91. The molecule has 3 rings (SSSR count). The Labute approximate surface area is 135 Å². The van der Waals surface area contributed by atoms with Gasteiger partial charge in [-0.2, -0.15) is 4.39 Å². The lowest BCUT2D eigenvalue weighted by Crippen LogP contribution is -2.49. The van der Waals surface area contributed by atoms with Crippen molar-refractivity contribution < 1.29 is 14.0 Å². The number of urea groups is 1. The molecule has 1 aromatic heterocycles. The Morgan fingerprint density at radius 2 is 2.13 bits per heavy atom. The summed E-state index contributed by atoms with van der Waals surface area (Å²) < 4.78 is 13.2. The summed E-state index contributed by atoms with van der Waals surface area (Å²) in [5.41, 5.74) is -0.391. The minimum absolute atomic E-state index is 0.0125. The van der Waals surface area contributed by atoms with Gasteiger partial charge in [-0.15, -0.1) is 0 Å². The van der Waals surface area contributed by atoms with Crippen LogP contribution in [-0.2, 0) is 11.3 Å². The predicted molar refractivity (Wildman–Crippen MR) is 82.8 cm³/mol. The number of amides is 3. The number of carbonyl (C=O) groups excluding carboxylic acids is 2. The number of pyridine rings is 1. The Kier molecular flexibility index (Phi) is 4.08. The third kappa shape index (κ3) is 3.07. The first kappa shape index (κ1) is 15.9. The first-order valence-corrected chi connectivity index (χ1v) is 8.18. The number of imide groups is 1. The van der Waals surface area contributed by atoms with Gasteiger partial charge in [-0.1, -0.05) is 19.9 Å². The molecule has 5 nitrogen and oxygen atoms in total. The average Bonchev–Trinajstić information content (AvgIpc) is 3.30. The van der Waals surface area contributed by atoms with Gasteiger partial charge in [0.15, 0.2) is 0 Å². The van der Waals surface area contributed by atoms with Crippen LogP contribution in [0.1, 0.15) is 45.2 Å². The second-order valence-corrected chi connectivity index (χ2v) is 6.95. The fraction of sp³-hybridized carbons (Fsp3) is 0.588. The molecule has 1 N–H and O–H groups in total. The average molecular weight is 319 g/mol. The summed E-state index contributed by atoms with van der Waals surface area (Å²) in [6.45, 7) is 4.23. The molecule has 2 aliphatic rings. The number of rotatable bonds is 6. The number of aromatic nitrogens is 1. The van der Waals surface area contributed by atoms with Gasteiger partial charge >= 0.3 is 6.03 Å². The molecule has 1 aromatic rings. The van der Waals surface area contributed by atoms with Crippen LogP contribution in [0.25, 0.3) is 0 Å². The molecule has 1 aliphatic carbocycles. The summed E-state index contributed by atoms with van der Waals surface area (Å²) in [4.78, 5) is 30.2. The normalized spacial score (nSPS) is 24.4. The van der Waals surface area contributed by atoms with Crippen LogP contribution in [0, 0.1) is 17.8 Å². The number of nitrogens with zero attached hydrogens (tertiary/aromatic N) is 2. The van der Waals surface area contributed by atoms with Crippen LogP contribution < -0.4 is 5.32 Å². The van der Waals surface area contributed by atoms with Crippen molar-refractivity contribution in [2.45, 2.75) is 51.6 Å². The molecule has 1 aliphatic heterocycles. The number of hydrogen-bond donors (Lipinski definition) is 1. The van der Waals surface area contributed by atoms with Crippen molar-refractivity contribution in [3.05, 3.63) is 29.8 Å². The van der Waals surface area contributed by atoms with Gasteiger partial charge in [0.2, 0.25) is 5.95 Å². The maximum Gasteiger partial charge on any atom is 0.325 e. The molecule has 0 radical (unpaired) electrons. The summed E-state index contributed by atoms with van der Waals surface area (Å²) in [5, 5.41) is 2.94. The Hall–Kier alpha value is -1.98. The largest absolute Gasteiger partial charge is 0.325 e. The summed E-state index contributed by atoms with van der Waals surface area (Å²) in [6, 6.07) is 4.00. The Bertz CT molecular complexity index is 630. The lowest BCUT2D eigenvalue weighted by atomic mass is 9.85. The molecule has 6 heteroatoms. The van der Waals surface area contributed by atoms with Crippen LogP contribution >= 0.6 is 0 Å². The molecule has 1 unspecified atom stereocenters. The van der Waals surface area contributed by atoms with Crippen LogP contribution in [0.15, 0.2) is 18.2 Å². The number of nitrogens with one attached hydrogen (secondary N) is 1. The molecule has 0 spiro atoms. The van der Waals surface area contributed by atoms with Crippen molar-refractivity contribution in [2.75, 3.05) is 0 Å². The first-order valence-electron chi connectivity index (χ1n) is 8.18. The van der Waals surface area contributed by atoms with E-state index in [0.29, 0.717) is 18.0 Å². The van der Waals surface area contributed by atoms with E-state index in [1.54, 1.807) is 6.07 Å². The molecule has 2 fully saturated rings. The molecule has 23 heavy (non-hydrogen) atoms. The Morgan fingerprint density at radius 3 is 2.74 bits per heavy atom. The van der Waals surface area contributed by atoms with E-state index in [1.165, 1.54) is 17.0 Å². The lowest BCUT2D eigenvalue weighted by molar-refractivity contribution is -0.132. The highest BCUT2D eigenvalue weighted by Crippen LogP contribution is 2.46. The van der Waals surface area contributed by atoms with Crippen molar-refractivity contribution in [2.24, 2.45) is 11.8 Å². The van der Waals surface area contributed by atoms with Crippen LogP contribution in [0.2, 0.25) is 0 Å². The van der Waals surface area contributed by atoms with Crippen molar-refractivity contribution in [3.63, 3.8) is 0 Å². The topological polar surface area (TPSA) is 62.3 Å². The van der Waals surface area contributed by atoms with E-state index < -0.39 is 17.5 Å². The minimum atomic E-state index is -0.769. The van der Waals surface area contributed by atoms with Gasteiger partial charge in [0.25, 0.3) is 5.91 Å². The zero-order valence-electron chi connectivity index (χ0n) is 13.5. The lowest BCUT2D eigenvalue weighted by Gasteiger charge is -2.27. The fourth-order valence-corrected chi connectivity index (χ4v) is 3.23. The van der Waals surface area contributed by atoms with E-state index in [9.17, 15) is 14.0 Å². The minimum Gasteiger partial charge on any atom is -0.323 e. The fourth-order valence-electron chi connectivity index (χ4n) is 3.23. The van der Waals surface area contributed by atoms with Crippen LogP contribution in [-0.4, -0.2) is 27.4 Å². The molecule has 2 heterocycles. The molecule has 0 aromatic carbocycles. The van der Waals surface area contributed by atoms with Gasteiger partial charge in [-0.05, 0) is 49.7 Å². The van der Waals surface area contributed by atoms with E-state index >= 15 is 0 Å². The number of hydrogen-bond acceptors (Lipinski definition) is 3. The molecular formula is C17H22FN3O2. The smallest absolute Gasteiger partial charge is 0.323 e. The maximum atomic E-state index is 13.2. The van der Waals surface area contributed by atoms with E-state index in [1.807, 2.05) is 0 Å². The number of halogens is 1. The van der Waals surface area contributed by atoms with Crippen LogP contribution in [0.5, 0.6) is 0 Å². The predicted octanol–water partition coefficient (Wildman–Crippen LogP) is 2.86. The molecule has 0 bridgehead atoms. The zero-order valence-corrected chi connectivity index (χ0v) is 13.5. The second-order valence-electron chi connectivity index (χ2n) is 6.95. The summed E-state index contributed by atoms with van der Waals surface area (Å²) in [7, 11) is 0. The quantitative estimate of drug-likeness (QED) is 0.648. The Balaban J connectivity index is 1.80. The summed E-state index contributed by atoms with van der Waals surface area (Å²) in [6.07, 6.45) is 3.48. The van der Waals surface area contributed by atoms with Crippen LogP contribution in [0.4, 0.5) is 9.18 Å². The highest BCUT2D eigenvalue weighted by atomic mass is 19.1. The van der Waals surface area contributed by atoms with Crippen molar-refractivity contribution in [3.8, 4) is 0 Å². The summed E-state index contributed by atoms with van der Waals surface area (Å²) >= 11 is 0. The van der Waals surface area contributed by atoms with E-state index in [0.717, 1.165) is 19.3 Å². The highest BCUT2D eigenvalue weighted by molar-refractivity contribution is 6.07. The summed E-state index contributed by atoms with van der Waals surface area (Å²) in [5.74, 6) is -0.100. The van der Waals surface area contributed by atoms with Gasteiger partial charge in [0, 0.05) is 0 Å². The van der Waals surface area contributed by atoms with Crippen molar-refractivity contribution >= 4 is 11.9 Å². The molecule has 1 saturated carbocycles. The van der Waals surface area contributed by atoms with Gasteiger partial charge in [-0.3, -0.25) is 9.69 Å². The van der Waals surface area contributed by atoms with E-state index in [4.69, 9.17) is 0 Å². The number of carbonyl (C=O) groups is 2. The van der Waals surface area contributed by atoms with E-state index in [2.05, 4.69) is 24.1 Å². The molecule has 3 amide bonds. The Morgan fingerprint density at radius 1 is 1.39 bits per heavy atom. The highest BCUT2D eigenvalue weighted by Gasteiger charge is 2.58. The van der Waals surface area contributed by atoms with Gasteiger partial charge in [0.1, 0.15) is 5.54 Å². The monoisotopic (exact) mass is 319 g/mol. The van der Waals surface area contributed by atoms with Crippen molar-refractivity contribution in [1.29, 1.82) is 0 Å². The van der Waals surface area contributed by atoms with Gasteiger partial charge in [0.05, 0.1) is 12.2 Å². The van der Waals surface area contributed by atoms with Crippen LogP contribution in [0.3, 0.4) is 0 Å². The first-order chi connectivity index (χ1) is 10.9. The molecule has 1 saturated heterocycles. The molecule has 1 atom stereocenters. The SMILES string of the molecule is CC(C)CCC1(C2CC2)NC(=O)N(Cc2cccc(F)n2)C1=O. The van der Waals surface area contributed by atoms with Gasteiger partial charge < -0.3 is 5.32 Å². The molecular weight excluding hydrogens is 297 g/mol. The van der Waals surface area contributed by atoms with Crippen molar-refractivity contribution in [1.82, 2.24) is 15.2 Å². The maximum absolute atomic E-state index is 13.2.